The maximum absolute atomic E-state index is 8.88. The van der Waals surface area contributed by atoms with Crippen molar-refractivity contribution in [3.8, 4) is 0 Å². The highest BCUT2D eigenvalue weighted by molar-refractivity contribution is 6.30. The van der Waals surface area contributed by atoms with Gasteiger partial charge in [0.1, 0.15) is 0 Å². The van der Waals surface area contributed by atoms with Crippen molar-refractivity contribution in [1.29, 1.82) is 0 Å². The predicted octanol–water partition coefficient (Wildman–Crippen LogP) is 2.38. The molecular weight excluding hydrogens is 212 g/mol. The number of aliphatic hydroxyl groups is 1. The van der Waals surface area contributed by atoms with Crippen molar-refractivity contribution in [2.75, 3.05) is 19.8 Å². The van der Waals surface area contributed by atoms with Gasteiger partial charge in [0.2, 0.25) is 0 Å². The van der Waals surface area contributed by atoms with E-state index in [-0.39, 0.29) is 12.0 Å². The zero-order valence-electron chi connectivity index (χ0n) is 8.58. The molecule has 1 fully saturated rings. The van der Waals surface area contributed by atoms with Gasteiger partial charge in [0.25, 0.3) is 0 Å². The molecule has 82 valence electrons. The van der Waals surface area contributed by atoms with Gasteiger partial charge in [-0.25, -0.2) is 0 Å². The van der Waals surface area contributed by atoms with Crippen LogP contribution in [0.4, 0.5) is 0 Å². The second kappa shape index (κ2) is 4.52. The first-order valence-corrected chi connectivity index (χ1v) is 5.59. The molecular formula is C12H15ClO2. The van der Waals surface area contributed by atoms with Crippen LogP contribution in [0.1, 0.15) is 18.4 Å². The van der Waals surface area contributed by atoms with Gasteiger partial charge in [0.15, 0.2) is 0 Å². The van der Waals surface area contributed by atoms with E-state index in [0.29, 0.717) is 0 Å². The molecule has 0 aromatic heterocycles. The lowest BCUT2D eigenvalue weighted by atomic mass is 9.75. The molecule has 1 saturated heterocycles. The number of benzene rings is 1. The van der Waals surface area contributed by atoms with Crippen LogP contribution in [0.5, 0.6) is 0 Å². The van der Waals surface area contributed by atoms with Crippen molar-refractivity contribution in [3.63, 3.8) is 0 Å². The molecule has 0 amide bonds. The minimum absolute atomic E-state index is 0.0909. The quantitative estimate of drug-likeness (QED) is 0.854. The lowest BCUT2D eigenvalue weighted by molar-refractivity contribution is -0.0665. The van der Waals surface area contributed by atoms with Gasteiger partial charge >= 0.3 is 0 Å². The van der Waals surface area contributed by atoms with E-state index in [0.717, 1.165) is 31.1 Å². The highest BCUT2D eigenvalue weighted by Crippen LogP contribution is 2.37. The van der Waals surface area contributed by atoms with Crippen molar-refractivity contribution >= 4 is 11.6 Å². The van der Waals surface area contributed by atoms with Gasteiger partial charge in [0.05, 0.1) is 13.2 Å². The normalized spacial score (nSPS) is 18.5. The fraction of sp³-hybridized carbons (Fsp3) is 0.500. The first kappa shape index (κ1) is 10.9. The van der Waals surface area contributed by atoms with Crippen LogP contribution in [0.15, 0.2) is 24.3 Å². The Morgan fingerprint density at radius 2 is 2.20 bits per heavy atom. The first-order valence-electron chi connectivity index (χ1n) is 5.21. The van der Waals surface area contributed by atoms with E-state index in [1.54, 1.807) is 0 Å². The van der Waals surface area contributed by atoms with E-state index in [1.807, 2.05) is 18.2 Å². The molecule has 0 radical (unpaired) electrons. The van der Waals surface area contributed by atoms with Crippen molar-refractivity contribution in [2.45, 2.75) is 18.3 Å². The molecule has 0 aliphatic carbocycles. The third-order valence-electron chi connectivity index (χ3n) is 3.01. The molecule has 0 bridgehead atoms. The number of rotatable bonds is 4. The summed E-state index contributed by atoms with van der Waals surface area (Å²) >= 11 is 5.98. The van der Waals surface area contributed by atoms with E-state index >= 15 is 0 Å². The highest BCUT2D eigenvalue weighted by atomic mass is 35.5. The molecule has 2 nitrogen and oxygen atoms in total. The number of halogens is 1. The maximum atomic E-state index is 8.88. The standard InChI is InChI=1S/C12H15ClO2/c13-11-4-1-3-10(7-11)12(5-2-6-14)8-15-9-12/h1,3-4,7,14H,2,5-6,8-9H2. The van der Waals surface area contributed by atoms with Crippen molar-refractivity contribution < 1.29 is 9.84 Å². The molecule has 1 aliphatic rings. The van der Waals surface area contributed by atoms with E-state index in [2.05, 4.69) is 6.07 Å². The van der Waals surface area contributed by atoms with E-state index in [4.69, 9.17) is 21.4 Å². The molecule has 1 heterocycles. The summed E-state index contributed by atoms with van der Waals surface area (Å²) in [4.78, 5) is 0. The summed E-state index contributed by atoms with van der Waals surface area (Å²) in [6, 6.07) is 7.94. The molecule has 2 rings (SSSR count). The molecule has 1 aliphatic heterocycles. The topological polar surface area (TPSA) is 29.5 Å². The van der Waals surface area contributed by atoms with Crippen LogP contribution in [-0.4, -0.2) is 24.9 Å². The monoisotopic (exact) mass is 226 g/mol. The van der Waals surface area contributed by atoms with Gasteiger partial charge in [-0.3, -0.25) is 0 Å². The Bertz CT molecular complexity index is 334. The highest BCUT2D eigenvalue weighted by Gasteiger charge is 2.39. The molecule has 15 heavy (non-hydrogen) atoms. The van der Waals surface area contributed by atoms with Crippen LogP contribution >= 0.6 is 11.6 Å². The second-order valence-corrected chi connectivity index (χ2v) is 4.55. The first-order chi connectivity index (χ1) is 7.27. The van der Waals surface area contributed by atoms with Gasteiger partial charge in [-0.15, -0.1) is 0 Å². The Morgan fingerprint density at radius 1 is 1.40 bits per heavy atom. The Morgan fingerprint density at radius 3 is 2.73 bits per heavy atom. The molecule has 0 unspecified atom stereocenters. The molecule has 0 spiro atoms. The number of aliphatic hydroxyl groups excluding tert-OH is 1. The van der Waals surface area contributed by atoms with Gasteiger partial charge in [-0.05, 0) is 30.5 Å². The third-order valence-corrected chi connectivity index (χ3v) is 3.24. The van der Waals surface area contributed by atoms with Crippen LogP contribution in [0.3, 0.4) is 0 Å². The van der Waals surface area contributed by atoms with Crippen LogP contribution in [0, 0.1) is 0 Å². The fourth-order valence-electron chi connectivity index (χ4n) is 2.04. The summed E-state index contributed by atoms with van der Waals surface area (Å²) in [5, 5.41) is 9.65. The zero-order chi connectivity index (χ0) is 10.7. The summed E-state index contributed by atoms with van der Waals surface area (Å²) in [6.07, 6.45) is 1.78. The van der Waals surface area contributed by atoms with Gasteiger partial charge in [-0.1, -0.05) is 23.7 Å². The molecule has 1 aromatic carbocycles. The van der Waals surface area contributed by atoms with Crippen LogP contribution < -0.4 is 0 Å². The maximum Gasteiger partial charge on any atom is 0.0585 e. The summed E-state index contributed by atoms with van der Waals surface area (Å²) < 4.78 is 5.30. The van der Waals surface area contributed by atoms with Crippen LogP contribution in [0.2, 0.25) is 5.02 Å². The Balaban J connectivity index is 2.18. The summed E-state index contributed by atoms with van der Waals surface area (Å²) in [5.41, 5.74) is 1.32. The van der Waals surface area contributed by atoms with E-state index < -0.39 is 0 Å². The number of hydrogen-bond donors (Lipinski definition) is 1. The van der Waals surface area contributed by atoms with E-state index in [1.165, 1.54) is 5.56 Å². The van der Waals surface area contributed by atoms with Gasteiger partial charge in [-0.2, -0.15) is 0 Å². The van der Waals surface area contributed by atoms with Gasteiger partial charge < -0.3 is 9.84 Å². The van der Waals surface area contributed by atoms with Gasteiger partial charge in [0, 0.05) is 17.0 Å². The minimum Gasteiger partial charge on any atom is -0.396 e. The molecule has 3 heteroatoms. The van der Waals surface area contributed by atoms with Crippen molar-refractivity contribution in [2.24, 2.45) is 0 Å². The zero-order valence-corrected chi connectivity index (χ0v) is 9.33. The SMILES string of the molecule is OCCCC1(c2cccc(Cl)c2)COC1. The largest absolute Gasteiger partial charge is 0.396 e. The second-order valence-electron chi connectivity index (χ2n) is 4.11. The van der Waals surface area contributed by atoms with Crippen molar-refractivity contribution in [1.82, 2.24) is 0 Å². The third kappa shape index (κ3) is 2.17. The molecule has 1 N–H and O–H groups in total. The predicted molar refractivity (Wildman–Crippen MR) is 60.3 cm³/mol. The lowest BCUT2D eigenvalue weighted by Gasteiger charge is -2.42. The lowest BCUT2D eigenvalue weighted by Crippen LogP contribution is -2.46. The minimum atomic E-state index is 0.0909. The Labute approximate surface area is 94.8 Å². The van der Waals surface area contributed by atoms with Crippen LogP contribution in [0.25, 0.3) is 0 Å². The molecule has 1 aromatic rings. The average molecular weight is 227 g/mol. The molecule has 0 saturated carbocycles. The average Bonchev–Trinajstić information content (AvgIpc) is 2.16. The summed E-state index contributed by atoms with van der Waals surface area (Å²) in [6.45, 7) is 1.73. The molecule has 0 atom stereocenters. The summed E-state index contributed by atoms with van der Waals surface area (Å²) in [7, 11) is 0. The smallest absolute Gasteiger partial charge is 0.0585 e. The van der Waals surface area contributed by atoms with Crippen LogP contribution in [-0.2, 0) is 10.2 Å². The fourth-order valence-corrected chi connectivity index (χ4v) is 2.23. The Kier molecular flexibility index (Phi) is 3.29. The van der Waals surface area contributed by atoms with Crippen molar-refractivity contribution in [3.05, 3.63) is 34.9 Å². The number of hydrogen-bond acceptors (Lipinski definition) is 2. The Hall–Kier alpha value is -0.570. The van der Waals surface area contributed by atoms with E-state index in [9.17, 15) is 0 Å². The summed E-state index contributed by atoms with van der Waals surface area (Å²) in [5.74, 6) is 0. The number of ether oxygens (including phenoxy) is 1.